The van der Waals surface area contributed by atoms with Crippen LogP contribution in [0.2, 0.25) is 0 Å². The van der Waals surface area contributed by atoms with Crippen LogP contribution < -0.4 is 0 Å². The molecule has 1 aromatic rings. The number of rotatable bonds is 4. The van der Waals surface area contributed by atoms with Gasteiger partial charge in [-0.3, -0.25) is 4.79 Å². The largest absolute Gasteiger partial charge is 0.387 e. The third-order valence-corrected chi connectivity index (χ3v) is 2.63. The predicted octanol–water partition coefficient (Wildman–Crippen LogP) is 1.76. The van der Waals surface area contributed by atoms with E-state index >= 15 is 0 Å². The molecule has 88 valence electrons. The summed E-state index contributed by atoms with van der Waals surface area (Å²) in [5.41, 5.74) is 2.37. The van der Waals surface area contributed by atoms with Crippen LogP contribution in [0.3, 0.4) is 0 Å². The summed E-state index contributed by atoms with van der Waals surface area (Å²) in [4.78, 5) is 12.7. The molecule has 1 N–H and O–H groups in total. The number of likely N-dealkylation sites (N-methyl/N-ethyl adjacent to an activating group) is 1. The molecular weight excluding hydrogens is 202 g/mol. The van der Waals surface area contributed by atoms with Gasteiger partial charge in [-0.15, -0.1) is 0 Å². The quantitative estimate of drug-likeness (QED) is 0.841. The van der Waals surface area contributed by atoms with Crippen molar-refractivity contribution in [2.24, 2.45) is 0 Å². The molecule has 1 amide bonds. The van der Waals surface area contributed by atoms with Gasteiger partial charge in [-0.05, 0) is 17.0 Å². The number of benzene rings is 1. The van der Waals surface area contributed by atoms with E-state index in [1.807, 2.05) is 12.1 Å². The standard InChI is InChI=1S/C13H19NO2/c1-10(2)12-6-4-11(5-7-12)8-14(3)13(16)9-15/h4-7,10,15H,8-9H2,1-3H3. The summed E-state index contributed by atoms with van der Waals surface area (Å²) in [5.74, 6) is 0.263. The first-order valence-electron chi connectivity index (χ1n) is 5.48. The Balaban J connectivity index is 2.65. The van der Waals surface area contributed by atoms with Gasteiger partial charge in [0.15, 0.2) is 0 Å². The summed E-state index contributed by atoms with van der Waals surface area (Å²) in [6, 6.07) is 8.21. The van der Waals surface area contributed by atoms with Gasteiger partial charge < -0.3 is 10.0 Å². The van der Waals surface area contributed by atoms with Gasteiger partial charge >= 0.3 is 0 Å². The summed E-state index contributed by atoms with van der Waals surface area (Å²) in [6.45, 7) is 4.41. The highest BCUT2D eigenvalue weighted by atomic mass is 16.3. The Morgan fingerprint density at radius 2 is 1.88 bits per heavy atom. The van der Waals surface area contributed by atoms with E-state index in [4.69, 9.17) is 5.11 Å². The highest BCUT2D eigenvalue weighted by Crippen LogP contribution is 2.15. The molecule has 0 aliphatic carbocycles. The number of nitrogens with zero attached hydrogens (tertiary/aromatic N) is 1. The molecule has 0 aliphatic rings. The second-order valence-corrected chi connectivity index (χ2v) is 4.30. The van der Waals surface area contributed by atoms with E-state index < -0.39 is 6.61 Å². The maximum absolute atomic E-state index is 11.2. The van der Waals surface area contributed by atoms with Crippen LogP contribution in [-0.4, -0.2) is 29.6 Å². The van der Waals surface area contributed by atoms with E-state index in [2.05, 4.69) is 26.0 Å². The number of aliphatic hydroxyl groups excluding tert-OH is 1. The Kier molecular flexibility index (Phi) is 4.50. The Morgan fingerprint density at radius 3 is 2.31 bits per heavy atom. The van der Waals surface area contributed by atoms with Crippen LogP contribution in [0.5, 0.6) is 0 Å². The topological polar surface area (TPSA) is 40.5 Å². The Labute approximate surface area is 96.7 Å². The van der Waals surface area contributed by atoms with Crippen molar-refractivity contribution in [3.05, 3.63) is 35.4 Å². The number of hydrogen-bond donors (Lipinski definition) is 1. The highest BCUT2D eigenvalue weighted by molar-refractivity contribution is 5.76. The van der Waals surface area contributed by atoms with Crippen LogP contribution in [0.1, 0.15) is 30.9 Å². The van der Waals surface area contributed by atoms with Crippen molar-refractivity contribution in [2.45, 2.75) is 26.3 Å². The molecule has 3 nitrogen and oxygen atoms in total. The number of carbonyl (C=O) groups is 1. The van der Waals surface area contributed by atoms with Crippen LogP contribution in [0.25, 0.3) is 0 Å². The van der Waals surface area contributed by atoms with E-state index in [1.54, 1.807) is 7.05 Å². The van der Waals surface area contributed by atoms with Crippen molar-refractivity contribution >= 4 is 5.91 Å². The fourth-order valence-electron chi connectivity index (χ4n) is 1.49. The zero-order valence-electron chi connectivity index (χ0n) is 10.1. The summed E-state index contributed by atoms with van der Waals surface area (Å²) in [6.07, 6.45) is 0. The molecule has 0 atom stereocenters. The van der Waals surface area contributed by atoms with E-state index in [9.17, 15) is 4.79 Å². The van der Waals surface area contributed by atoms with Crippen LogP contribution in [0, 0.1) is 0 Å². The van der Waals surface area contributed by atoms with E-state index in [0.717, 1.165) is 5.56 Å². The molecule has 0 radical (unpaired) electrons. The third kappa shape index (κ3) is 3.35. The average Bonchev–Trinajstić information content (AvgIpc) is 2.28. The highest BCUT2D eigenvalue weighted by Gasteiger charge is 2.07. The second-order valence-electron chi connectivity index (χ2n) is 4.30. The smallest absolute Gasteiger partial charge is 0.248 e. The Morgan fingerprint density at radius 1 is 1.31 bits per heavy atom. The Hall–Kier alpha value is -1.35. The lowest BCUT2D eigenvalue weighted by atomic mass is 10.0. The average molecular weight is 221 g/mol. The number of hydrogen-bond acceptors (Lipinski definition) is 2. The van der Waals surface area contributed by atoms with Crippen LogP contribution in [0.15, 0.2) is 24.3 Å². The van der Waals surface area contributed by atoms with Gasteiger partial charge in [0, 0.05) is 13.6 Å². The maximum Gasteiger partial charge on any atom is 0.248 e. The summed E-state index contributed by atoms with van der Waals surface area (Å²) >= 11 is 0. The fraction of sp³-hybridized carbons (Fsp3) is 0.462. The van der Waals surface area contributed by atoms with Crippen LogP contribution in [0.4, 0.5) is 0 Å². The minimum atomic E-state index is -0.430. The molecule has 16 heavy (non-hydrogen) atoms. The molecule has 0 spiro atoms. The number of amides is 1. The van der Waals surface area contributed by atoms with Crippen molar-refractivity contribution in [2.75, 3.05) is 13.7 Å². The van der Waals surface area contributed by atoms with E-state index in [-0.39, 0.29) is 5.91 Å². The molecule has 0 aliphatic heterocycles. The fourth-order valence-corrected chi connectivity index (χ4v) is 1.49. The van der Waals surface area contributed by atoms with Crippen LogP contribution >= 0.6 is 0 Å². The SMILES string of the molecule is CC(C)c1ccc(CN(C)C(=O)CO)cc1. The minimum Gasteiger partial charge on any atom is -0.387 e. The van der Waals surface area contributed by atoms with Gasteiger partial charge in [0.1, 0.15) is 6.61 Å². The zero-order valence-corrected chi connectivity index (χ0v) is 10.1. The zero-order chi connectivity index (χ0) is 12.1. The lowest BCUT2D eigenvalue weighted by Gasteiger charge is -2.16. The van der Waals surface area contributed by atoms with Gasteiger partial charge in [-0.2, -0.15) is 0 Å². The van der Waals surface area contributed by atoms with E-state index in [0.29, 0.717) is 12.5 Å². The molecule has 1 aromatic carbocycles. The van der Waals surface area contributed by atoms with Crippen molar-refractivity contribution in [1.82, 2.24) is 4.90 Å². The molecule has 0 aromatic heterocycles. The molecular formula is C13H19NO2. The summed E-state index contributed by atoms with van der Waals surface area (Å²) < 4.78 is 0. The summed E-state index contributed by atoms with van der Waals surface area (Å²) in [7, 11) is 1.69. The minimum absolute atomic E-state index is 0.257. The molecule has 3 heteroatoms. The Bertz CT molecular complexity index is 343. The van der Waals surface area contributed by atoms with Gasteiger partial charge in [0.25, 0.3) is 0 Å². The van der Waals surface area contributed by atoms with Gasteiger partial charge in [-0.1, -0.05) is 38.1 Å². The van der Waals surface area contributed by atoms with Gasteiger partial charge in [0.2, 0.25) is 5.91 Å². The van der Waals surface area contributed by atoms with Crippen molar-refractivity contribution in [3.63, 3.8) is 0 Å². The maximum atomic E-state index is 11.2. The van der Waals surface area contributed by atoms with Crippen molar-refractivity contribution in [3.8, 4) is 0 Å². The van der Waals surface area contributed by atoms with Crippen LogP contribution in [-0.2, 0) is 11.3 Å². The number of aliphatic hydroxyl groups is 1. The van der Waals surface area contributed by atoms with Gasteiger partial charge in [-0.25, -0.2) is 0 Å². The third-order valence-electron chi connectivity index (χ3n) is 2.63. The van der Waals surface area contributed by atoms with Gasteiger partial charge in [0.05, 0.1) is 0 Å². The molecule has 0 unspecified atom stereocenters. The molecule has 0 saturated heterocycles. The van der Waals surface area contributed by atoms with Crippen molar-refractivity contribution in [1.29, 1.82) is 0 Å². The first kappa shape index (κ1) is 12.7. The predicted molar refractivity (Wildman–Crippen MR) is 64.1 cm³/mol. The molecule has 0 heterocycles. The number of carbonyl (C=O) groups excluding carboxylic acids is 1. The van der Waals surface area contributed by atoms with E-state index in [1.165, 1.54) is 10.5 Å². The van der Waals surface area contributed by atoms with Crippen molar-refractivity contribution < 1.29 is 9.90 Å². The first-order valence-corrected chi connectivity index (χ1v) is 5.48. The molecule has 0 saturated carbocycles. The lowest BCUT2D eigenvalue weighted by Crippen LogP contribution is -2.28. The normalized spacial score (nSPS) is 10.6. The first-order chi connectivity index (χ1) is 7.54. The molecule has 0 fully saturated rings. The summed E-state index contributed by atoms with van der Waals surface area (Å²) in [5, 5.41) is 8.71. The molecule has 0 bridgehead atoms. The molecule has 1 rings (SSSR count). The lowest BCUT2D eigenvalue weighted by molar-refractivity contribution is -0.133. The monoisotopic (exact) mass is 221 g/mol. The second kappa shape index (κ2) is 5.66.